The Morgan fingerprint density at radius 3 is 2.31 bits per heavy atom. The maximum atomic E-state index is 12.0. The molecule has 3 aliphatic rings. The maximum absolute atomic E-state index is 12.0. The molecule has 3 heterocycles. The highest BCUT2D eigenvalue weighted by atomic mass is 32.2. The minimum Gasteiger partial charge on any atom is -0.480 e. The highest BCUT2D eigenvalue weighted by Gasteiger charge is 2.64. The second kappa shape index (κ2) is 7.44. The number of fused-ring (bicyclic) bond motifs is 2. The van der Waals surface area contributed by atoms with Gasteiger partial charge in [0, 0.05) is 13.3 Å². The van der Waals surface area contributed by atoms with Gasteiger partial charge in [-0.25, -0.2) is 0 Å². The van der Waals surface area contributed by atoms with Gasteiger partial charge in [-0.3, -0.25) is 14.4 Å². The van der Waals surface area contributed by atoms with Crippen LogP contribution in [0.25, 0.3) is 0 Å². The fourth-order valence-corrected chi connectivity index (χ4v) is 5.33. The van der Waals surface area contributed by atoms with Crippen molar-refractivity contribution in [2.45, 2.75) is 36.1 Å². The number of hydrogen-bond acceptors (Lipinski definition) is 5. The van der Waals surface area contributed by atoms with Crippen molar-refractivity contribution in [3.05, 3.63) is 60.2 Å². The van der Waals surface area contributed by atoms with Gasteiger partial charge in [-0.15, -0.1) is 11.8 Å². The SMILES string of the molecule is CC(=O)NC1N2C(=O)C[C@H]2SC1(Cc1ccccc1)C(=O)O.c1ccc2c(c1)O2. The monoisotopic (exact) mass is 412 g/mol. The normalized spacial score (nSPS) is 25.4. The number of β-lactam (4-membered cyclic amide) rings is 1. The number of amides is 2. The lowest BCUT2D eigenvalue weighted by molar-refractivity contribution is -0.150. The largest absolute Gasteiger partial charge is 0.480 e. The second-order valence-electron chi connectivity index (χ2n) is 7.09. The molecule has 2 fully saturated rings. The molecule has 2 unspecified atom stereocenters. The standard InChI is InChI=1S/C15H16N2O4S.C6H4O/c1-9(18)16-13-15(14(20)21,8-10-5-3-2-4-6-10)22-12-7-11(19)17(12)13;1-2-4-6-5(3-1)7-6/h2-6,12-13H,7-8H2,1H3,(H,16,18)(H,20,21);1-4H/t12-,13?,15?;/m1./s1. The Hall–Kier alpha value is -3.00. The summed E-state index contributed by atoms with van der Waals surface area (Å²) in [6.07, 6.45) is -0.247. The zero-order valence-corrected chi connectivity index (χ0v) is 16.5. The third-order valence-electron chi connectivity index (χ3n) is 5.05. The van der Waals surface area contributed by atoms with Crippen molar-refractivity contribution in [2.75, 3.05) is 0 Å². The number of benzene rings is 2. The Kier molecular flexibility index (Phi) is 4.96. The van der Waals surface area contributed by atoms with Crippen LogP contribution in [0.5, 0.6) is 11.5 Å². The molecule has 2 N–H and O–H groups in total. The van der Waals surface area contributed by atoms with E-state index in [2.05, 4.69) is 5.32 Å². The lowest BCUT2D eigenvalue weighted by atomic mass is 9.93. The predicted octanol–water partition coefficient (Wildman–Crippen LogP) is 2.61. The molecule has 0 spiro atoms. The number of ether oxygens (including phenoxy) is 1. The second-order valence-corrected chi connectivity index (χ2v) is 8.59. The summed E-state index contributed by atoms with van der Waals surface area (Å²) in [7, 11) is 0. The molecule has 2 aromatic carbocycles. The van der Waals surface area contributed by atoms with Crippen molar-refractivity contribution in [3.8, 4) is 11.5 Å². The number of carboxylic acid groups (broad SMARTS) is 1. The smallest absolute Gasteiger partial charge is 0.324 e. The molecular weight excluding hydrogens is 392 g/mol. The van der Waals surface area contributed by atoms with Gasteiger partial charge in [0.1, 0.15) is 6.17 Å². The fourth-order valence-electron chi connectivity index (χ4n) is 3.61. The molecule has 0 radical (unpaired) electrons. The Labute approximate surface area is 172 Å². The minimum absolute atomic E-state index is 0.118. The van der Waals surface area contributed by atoms with Crippen molar-refractivity contribution in [3.63, 3.8) is 0 Å². The molecule has 150 valence electrons. The van der Waals surface area contributed by atoms with E-state index in [1.54, 1.807) is 0 Å². The molecule has 0 aliphatic carbocycles. The van der Waals surface area contributed by atoms with Crippen LogP contribution in [-0.4, -0.2) is 44.1 Å². The van der Waals surface area contributed by atoms with Crippen molar-refractivity contribution in [1.29, 1.82) is 0 Å². The summed E-state index contributed by atoms with van der Waals surface area (Å²) in [6.45, 7) is 1.33. The molecule has 0 saturated carbocycles. The first-order chi connectivity index (χ1) is 13.9. The molecule has 29 heavy (non-hydrogen) atoms. The van der Waals surface area contributed by atoms with Crippen molar-refractivity contribution < 1.29 is 24.2 Å². The van der Waals surface area contributed by atoms with Crippen LogP contribution in [0.15, 0.2) is 54.6 Å². The molecule has 2 amide bonds. The molecule has 5 rings (SSSR count). The number of nitrogens with zero attached hydrogens (tertiary/aromatic N) is 1. The van der Waals surface area contributed by atoms with Gasteiger partial charge in [0.2, 0.25) is 11.8 Å². The molecular formula is C21H20N2O5S. The number of nitrogens with one attached hydrogen (secondary N) is 1. The van der Waals surface area contributed by atoms with E-state index in [0.29, 0.717) is 6.42 Å². The van der Waals surface area contributed by atoms with Crippen molar-refractivity contribution in [2.24, 2.45) is 0 Å². The van der Waals surface area contributed by atoms with Crippen LogP contribution in [0.1, 0.15) is 18.9 Å². The number of hydrogen-bond donors (Lipinski definition) is 2. The van der Waals surface area contributed by atoms with Crippen LogP contribution < -0.4 is 10.1 Å². The van der Waals surface area contributed by atoms with Crippen LogP contribution >= 0.6 is 11.8 Å². The van der Waals surface area contributed by atoms with E-state index in [-0.39, 0.29) is 23.6 Å². The molecule has 3 aliphatic heterocycles. The van der Waals surface area contributed by atoms with Crippen LogP contribution in [0, 0.1) is 0 Å². The lowest BCUT2D eigenvalue weighted by Crippen LogP contribution is -2.63. The van der Waals surface area contributed by atoms with E-state index in [4.69, 9.17) is 4.74 Å². The number of carbonyl (C=O) groups excluding carboxylic acids is 2. The Morgan fingerprint density at radius 2 is 1.79 bits per heavy atom. The van der Waals surface area contributed by atoms with Gasteiger partial charge in [0.15, 0.2) is 16.2 Å². The fraction of sp³-hybridized carbons (Fsp3) is 0.286. The first-order valence-electron chi connectivity index (χ1n) is 9.21. The average molecular weight is 412 g/mol. The first-order valence-corrected chi connectivity index (χ1v) is 10.1. The number of thioether (sulfide) groups is 1. The van der Waals surface area contributed by atoms with Crippen molar-refractivity contribution in [1.82, 2.24) is 10.2 Å². The van der Waals surface area contributed by atoms with Gasteiger partial charge >= 0.3 is 5.97 Å². The summed E-state index contributed by atoms with van der Waals surface area (Å²) < 4.78 is 3.68. The maximum Gasteiger partial charge on any atom is 0.324 e. The van der Waals surface area contributed by atoms with E-state index < -0.39 is 16.9 Å². The molecule has 2 saturated heterocycles. The van der Waals surface area contributed by atoms with Crippen LogP contribution in [0.4, 0.5) is 0 Å². The van der Waals surface area contributed by atoms with Gasteiger partial charge in [-0.1, -0.05) is 42.5 Å². The van der Waals surface area contributed by atoms with E-state index in [1.165, 1.54) is 23.6 Å². The number of aliphatic carboxylic acids is 1. The molecule has 8 heteroatoms. The number of carboxylic acids is 1. The van der Waals surface area contributed by atoms with Gasteiger partial charge in [0.25, 0.3) is 0 Å². The highest BCUT2D eigenvalue weighted by molar-refractivity contribution is 8.02. The van der Waals surface area contributed by atoms with Gasteiger partial charge in [-0.2, -0.15) is 0 Å². The van der Waals surface area contributed by atoms with Gasteiger partial charge < -0.3 is 20.1 Å². The molecule has 3 atom stereocenters. The van der Waals surface area contributed by atoms with Crippen LogP contribution in [-0.2, 0) is 20.8 Å². The first kappa shape index (κ1) is 19.3. The quantitative estimate of drug-likeness (QED) is 0.505. The van der Waals surface area contributed by atoms with Gasteiger partial charge in [0.05, 0.1) is 11.8 Å². The minimum atomic E-state index is -1.26. The van der Waals surface area contributed by atoms with E-state index in [1.807, 2.05) is 54.6 Å². The van der Waals surface area contributed by atoms with Crippen LogP contribution in [0.3, 0.4) is 0 Å². The number of carbonyl (C=O) groups is 3. The Balaban J connectivity index is 0.000000243. The molecule has 7 nitrogen and oxygen atoms in total. The highest BCUT2D eigenvalue weighted by Crippen LogP contribution is 2.51. The zero-order valence-electron chi connectivity index (χ0n) is 15.7. The molecule has 2 aromatic rings. The van der Waals surface area contributed by atoms with E-state index in [0.717, 1.165) is 17.1 Å². The van der Waals surface area contributed by atoms with Gasteiger partial charge in [-0.05, 0) is 17.7 Å². The van der Waals surface area contributed by atoms with Crippen LogP contribution in [0.2, 0.25) is 0 Å². The third-order valence-corrected chi connectivity index (χ3v) is 6.68. The summed E-state index contributed by atoms with van der Waals surface area (Å²) in [5, 5.41) is 12.3. The average Bonchev–Trinajstić information content (AvgIpc) is 3.42. The van der Waals surface area contributed by atoms with Crippen molar-refractivity contribution >= 4 is 29.5 Å². The zero-order chi connectivity index (χ0) is 20.6. The number of para-hydroxylation sites is 2. The summed E-state index contributed by atoms with van der Waals surface area (Å²) in [6, 6.07) is 17.1. The lowest BCUT2D eigenvalue weighted by Gasteiger charge is -2.39. The summed E-state index contributed by atoms with van der Waals surface area (Å²) in [4.78, 5) is 36.9. The topological polar surface area (TPSA) is 99.2 Å². The summed E-state index contributed by atoms with van der Waals surface area (Å²) >= 11 is 1.26. The number of rotatable bonds is 4. The Bertz CT molecular complexity index is 946. The summed E-state index contributed by atoms with van der Waals surface area (Å²) in [5.74, 6) is 0.587. The van der Waals surface area contributed by atoms with E-state index >= 15 is 0 Å². The third kappa shape index (κ3) is 3.67. The predicted molar refractivity (Wildman–Crippen MR) is 107 cm³/mol. The molecule has 0 bridgehead atoms. The Morgan fingerprint density at radius 1 is 1.17 bits per heavy atom. The van der Waals surface area contributed by atoms with E-state index in [9.17, 15) is 19.5 Å². The molecule has 0 aromatic heterocycles. The summed E-state index contributed by atoms with van der Waals surface area (Å²) in [5.41, 5.74) is 0.864.